The highest BCUT2D eigenvalue weighted by Gasteiger charge is 2.19. The number of aromatic nitrogens is 1. The predicted octanol–water partition coefficient (Wildman–Crippen LogP) is 4.11. The molecule has 0 aliphatic carbocycles. The average molecular weight is 328 g/mol. The average Bonchev–Trinajstić information content (AvgIpc) is 2.42. The van der Waals surface area contributed by atoms with Crippen LogP contribution >= 0.6 is 23.2 Å². The summed E-state index contributed by atoms with van der Waals surface area (Å²) in [5.74, 6) is 0.148. The van der Waals surface area contributed by atoms with Gasteiger partial charge in [0.2, 0.25) is 11.6 Å². The number of hydrogen-bond acceptors (Lipinski definition) is 5. The quantitative estimate of drug-likeness (QED) is 0.673. The van der Waals surface area contributed by atoms with E-state index in [1.54, 1.807) is 19.1 Å². The highest BCUT2D eigenvalue weighted by molar-refractivity contribution is 6.42. The van der Waals surface area contributed by atoms with Crippen molar-refractivity contribution in [3.05, 3.63) is 56.2 Å². The molecule has 0 unspecified atom stereocenters. The summed E-state index contributed by atoms with van der Waals surface area (Å²) in [4.78, 5) is 14.4. The summed E-state index contributed by atoms with van der Waals surface area (Å²) in [5.41, 5.74) is 6.27. The van der Waals surface area contributed by atoms with E-state index in [4.69, 9.17) is 33.7 Å². The second kappa shape index (κ2) is 6.26. The molecule has 1 aromatic carbocycles. The van der Waals surface area contributed by atoms with Gasteiger partial charge in [0.05, 0.1) is 15.0 Å². The maximum Gasteiger partial charge on any atom is 0.313 e. The zero-order chi connectivity index (χ0) is 15.6. The fourth-order valence-electron chi connectivity index (χ4n) is 1.62. The van der Waals surface area contributed by atoms with Gasteiger partial charge in [0.1, 0.15) is 0 Å². The van der Waals surface area contributed by atoms with Gasteiger partial charge in [-0.25, -0.2) is 4.98 Å². The Morgan fingerprint density at radius 3 is 2.62 bits per heavy atom. The number of halogens is 2. The maximum atomic E-state index is 11.0. The van der Waals surface area contributed by atoms with Crippen molar-refractivity contribution in [3.8, 4) is 11.6 Å². The van der Waals surface area contributed by atoms with Crippen LogP contribution in [0.2, 0.25) is 10.0 Å². The van der Waals surface area contributed by atoms with Gasteiger partial charge in [0.15, 0.2) is 0 Å². The molecule has 1 aromatic heterocycles. The van der Waals surface area contributed by atoms with Crippen molar-refractivity contribution >= 4 is 28.9 Å². The van der Waals surface area contributed by atoms with Crippen molar-refractivity contribution in [1.82, 2.24) is 4.98 Å². The molecule has 0 fully saturated rings. The lowest BCUT2D eigenvalue weighted by atomic mass is 10.1. The Labute approximate surface area is 130 Å². The van der Waals surface area contributed by atoms with Gasteiger partial charge in [-0.3, -0.25) is 10.1 Å². The summed E-state index contributed by atoms with van der Waals surface area (Å²) in [6, 6.07) is 5.55. The molecule has 21 heavy (non-hydrogen) atoms. The summed E-state index contributed by atoms with van der Waals surface area (Å²) in [6.45, 7) is 1.81. The maximum absolute atomic E-state index is 11.0. The van der Waals surface area contributed by atoms with Gasteiger partial charge in [0, 0.05) is 30.4 Å². The van der Waals surface area contributed by atoms with Crippen LogP contribution in [0.4, 0.5) is 5.69 Å². The fourth-order valence-corrected chi connectivity index (χ4v) is 1.93. The van der Waals surface area contributed by atoms with Crippen LogP contribution in [-0.4, -0.2) is 9.91 Å². The van der Waals surface area contributed by atoms with Gasteiger partial charge >= 0.3 is 5.69 Å². The number of nitro groups is 1. The van der Waals surface area contributed by atoms with Crippen LogP contribution in [0, 0.1) is 10.1 Å². The number of ether oxygens (including phenoxy) is 1. The molecule has 0 radical (unpaired) electrons. The van der Waals surface area contributed by atoms with E-state index >= 15 is 0 Å². The number of nitrogens with two attached hydrogens (primary N) is 1. The monoisotopic (exact) mass is 327 g/mol. The third-order valence-electron chi connectivity index (χ3n) is 2.70. The molecule has 2 N–H and O–H groups in total. The number of benzene rings is 1. The van der Waals surface area contributed by atoms with Gasteiger partial charge in [-0.15, -0.1) is 0 Å². The van der Waals surface area contributed by atoms with Gasteiger partial charge in [-0.05, 0) is 18.6 Å². The highest BCUT2D eigenvalue weighted by atomic mass is 35.5. The Kier molecular flexibility index (Phi) is 4.62. The number of nitro benzene ring substituents is 1. The first kappa shape index (κ1) is 15.5. The molecule has 0 saturated heterocycles. The molecular formula is C13H11Cl2N3O3. The SMILES string of the molecule is C[C@@H](N)c1ccnc(Oc2cc(Cl)c(Cl)cc2[N+](=O)[O-])c1. The molecule has 0 bridgehead atoms. The van der Waals surface area contributed by atoms with Gasteiger partial charge < -0.3 is 10.5 Å². The van der Waals surface area contributed by atoms with Crippen molar-refractivity contribution in [2.24, 2.45) is 5.73 Å². The minimum atomic E-state index is -0.604. The predicted molar refractivity (Wildman–Crippen MR) is 80.0 cm³/mol. The molecule has 2 aromatic rings. The number of nitrogens with zero attached hydrogens (tertiary/aromatic N) is 2. The second-order valence-electron chi connectivity index (χ2n) is 4.31. The van der Waals surface area contributed by atoms with Gasteiger partial charge in [-0.1, -0.05) is 23.2 Å². The van der Waals surface area contributed by atoms with Crippen LogP contribution in [-0.2, 0) is 0 Å². The Bertz CT molecular complexity index is 692. The van der Waals surface area contributed by atoms with E-state index in [0.29, 0.717) is 0 Å². The molecule has 8 heteroatoms. The third kappa shape index (κ3) is 3.60. The summed E-state index contributed by atoms with van der Waals surface area (Å²) >= 11 is 11.6. The van der Waals surface area contributed by atoms with Crippen molar-refractivity contribution < 1.29 is 9.66 Å². The number of rotatable bonds is 4. The third-order valence-corrected chi connectivity index (χ3v) is 3.42. The fraction of sp³-hybridized carbons (Fsp3) is 0.154. The van der Waals surface area contributed by atoms with Crippen LogP contribution in [0.5, 0.6) is 11.6 Å². The Hall–Kier alpha value is -1.89. The zero-order valence-corrected chi connectivity index (χ0v) is 12.4. The van der Waals surface area contributed by atoms with Crippen molar-refractivity contribution in [3.63, 3.8) is 0 Å². The van der Waals surface area contributed by atoms with E-state index in [1.165, 1.54) is 12.3 Å². The minimum Gasteiger partial charge on any atom is -0.432 e. The molecule has 1 heterocycles. The first-order chi connectivity index (χ1) is 9.88. The molecule has 2 rings (SSSR count). The first-order valence-electron chi connectivity index (χ1n) is 5.91. The highest BCUT2D eigenvalue weighted by Crippen LogP contribution is 2.37. The van der Waals surface area contributed by atoms with Crippen molar-refractivity contribution in [2.45, 2.75) is 13.0 Å². The van der Waals surface area contributed by atoms with E-state index in [2.05, 4.69) is 4.98 Å². The van der Waals surface area contributed by atoms with Gasteiger partial charge in [-0.2, -0.15) is 0 Å². The lowest BCUT2D eigenvalue weighted by Gasteiger charge is -2.09. The molecular weight excluding hydrogens is 317 g/mol. The van der Waals surface area contributed by atoms with Crippen molar-refractivity contribution in [1.29, 1.82) is 0 Å². The van der Waals surface area contributed by atoms with Crippen LogP contribution < -0.4 is 10.5 Å². The van der Waals surface area contributed by atoms with E-state index < -0.39 is 4.92 Å². The Balaban J connectivity index is 2.41. The second-order valence-corrected chi connectivity index (χ2v) is 5.12. The molecule has 0 spiro atoms. The molecule has 0 amide bonds. The number of pyridine rings is 1. The van der Waals surface area contributed by atoms with Crippen molar-refractivity contribution in [2.75, 3.05) is 0 Å². The number of hydrogen-bond donors (Lipinski definition) is 1. The van der Waals surface area contributed by atoms with Gasteiger partial charge in [0.25, 0.3) is 0 Å². The molecule has 0 aliphatic rings. The smallest absolute Gasteiger partial charge is 0.313 e. The van der Waals surface area contributed by atoms with E-state index in [1.807, 2.05) is 0 Å². The lowest BCUT2D eigenvalue weighted by Crippen LogP contribution is -2.05. The molecule has 1 atom stereocenters. The van der Waals surface area contributed by atoms with E-state index in [9.17, 15) is 10.1 Å². The standard InChI is InChI=1S/C13H11Cl2N3O3/c1-7(16)8-2-3-17-13(4-8)21-12-6-10(15)9(14)5-11(12)18(19)20/h2-7H,16H2,1H3/t7-/m1/s1. The Morgan fingerprint density at radius 1 is 1.33 bits per heavy atom. The zero-order valence-electron chi connectivity index (χ0n) is 10.9. The van der Waals surface area contributed by atoms with E-state index in [0.717, 1.165) is 11.6 Å². The Morgan fingerprint density at radius 2 is 2.00 bits per heavy atom. The van der Waals surface area contributed by atoms with Crippen LogP contribution in [0.1, 0.15) is 18.5 Å². The summed E-state index contributed by atoms with van der Waals surface area (Å²) in [6.07, 6.45) is 1.51. The summed E-state index contributed by atoms with van der Waals surface area (Å²) in [5, 5.41) is 11.3. The normalized spacial score (nSPS) is 12.0. The lowest BCUT2D eigenvalue weighted by molar-refractivity contribution is -0.385. The minimum absolute atomic E-state index is 0.0382. The summed E-state index contributed by atoms with van der Waals surface area (Å²) in [7, 11) is 0. The topological polar surface area (TPSA) is 91.3 Å². The first-order valence-corrected chi connectivity index (χ1v) is 6.67. The molecule has 6 nitrogen and oxygen atoms in total. The van der Waals surface area contributed by atoms with Crippen LogP contribution in [0.15, 0.2) is 30.5 Å². The van der Waals surface area contributed by atoms with Crippen LogP contribution in [0.25, 0.3) is 0 Å². The summed E-state index contributed by atoms with van der Waals surface area (Å²) < 4.78 is 5.45. The van der Waals surface area contributed by atoms with E-state index in [-0.39, 0.29) is 33.4 Å². The molecule has 0 saturated carbocycles. The molecule has 0 aliphatic heterocycles. The largest absolute Gasteiger partial charge is 0.432 e. The molecule has 110 valence electrons. The van der Waals surface area contributed by atoms with Crippen LogP contribution in [0.3, 0.4) is 0 Å².